The summed E-state index contributed by atoms with van der Waals surface area (Å²) < 4.78 is 1.99. The second-order valence-electron chi connectivity index (χ2n) is 4.89. The van der Waals surface area contributed by atoms with Crippen molar-refractivity contribution in [2.45, 2.75) is 26.8 Å². The van der Waals surface area contributed by atoms with Crippen molar-refractivity contribution in [1.82, 2.24) is 14.5 Å². The van der Waals surface area contributed by atoms with Crippen LogP contribution in [0.25, 0.3) is 0 Å². The van der Waals surface area contributed by atoms with E-state index >= 15 is 0 Å². The molecule has 1 aromatic heterocycles. The van der Waals surface area contributed by atoms with E-state index in [1.165, 1.54) is 7.05 Å². The molecule has 0 radical (unpaired) electrons. The van der Waals surface area contributed by atoms with Crippen LogP contribution in [-0.4, -0.2) is 27.1 Å². The molecule has 0 aliphatic heterocycles. The van der Waals surface area contributed by atoms with Crippen LogP contribution in [0.3, 0.4) is 0 Å². The zero-order valence-electron chi connectivity index (χ0n) is 12.0. The van der Waals surface area contributed by atoms with E-state index in [9.17, 15) is 19.7 Å². The Hall–Kier alpha value is -1.96. The van der Waals surface area contributed by atoms with Crippen molar-refractivity contribution in [3.63, 3.8) is 0 Å². The van der Waals surface area contributed by atoms with Crippen molar-refractivity contribution in [3.8, 4) is 0 Å². The zero-order chi connectivity index (χ0) is 15.3. The van der Waals surface area contributed by atoms with Gasteiger partial charge in [0.2, 0.25) is 0 Å². The fourth-order valence-electron chi connectivity index (χ4n) is 1.90. The van der Waals surface area contributed by atoms with Crippen LogP contribution < -0.4 is 16.6 Å². The van der Waals surface area contributed by atoms with Crippen LogP contribution in [0, 0.1) is 16.0 Å². The highest BCUT2D eigenvalue weighted by molar-refractivity contribution is 5.21. The minimum atomic E-state index is -0.847. The lowest BCUT2D eigenvalue weighted by molar-refractivity contribution is -0.387. The van der Waals surface area contributed by atoms with Crippen molar-refractivity contribution in [2.75, 3.05) is 13.1 Å². The Morgan fingerprint density at radius 2 is 2.10 bits per heavy atom. The van der Waals surface area contributed by atoms with Gasteiger partial charge in [-0.1, -0.05) is 13.8 Å². The number of rotatable bonds is 7. The van der Waals surface area contributed by atoms with Gasteiger partial charge in [-0.05, 0) is 25.4 Å². The third kappa shape index (κ3) is 3.77. The van der Waals surface area contributed by atoms with Crippen molar-refractivity contribution in [3.05, 3.63) is 37.1 Å². The topological polar surface area (TPSA) is 99.2 Å². The first-order valence-corrected chi connectivity index (χ1v) is 6.54. The second-order valence-corrected chi connectivity index (χ2v) is 4.89. The lowest BCUT2D eigenvalue weighted by Gasteiger charge is -2.14. The van der Waals surface area contributed by atoms with Gasteiger partial charge in [-0.2, -0.15) is 0 Å². The van der Waals surface area contributed by atoms with Crippen molar-refractivity contribution in [1.29, 1.82) is 0 Å². The number of hydrogen-bond acceptors (Lipinski definition) is 5. The molecule has 1 rings (SSSR count). The molecule has 0 saturated heterocycles. The molecule has 0 spiro atoms. The Balaban J connectivity index is 3.03. The van der Waals surface area contributed by atoms with Gasteiger partial charge in [0.25, 0.3) is 0 Å². The molecule has 112 valence electrons. The first-order valence-electron chi connectivity index (χ1n) is 6.54. The maximum atomic E-state index is 11.9. The average molecular weight is 284 g/mol. The van der Waals surface area contributed by atoms with E-state index in [1.807, 2.05) is 13.8 Å². The van der Waals surface area contributed by atoms with Gasteiger partial charge in [0.1, 0.15) is 0 Å². The maximum absolute atomic E-state index is 11.9. The van der Waals surface area contributed by atoms with Gasteiger partial charge in [-0.15, -0.1) is 0 Å². The highest BCUT2D eigenvalue weighted by Gasteiger charge is 2.19. The molecule has 0 aliphatic rings. The number of nitrogens with one attached hydrogen (secondary N) is 1. The Morgan fingerprint density at radius 3 is 2.65 bits per heavy atom. The summed E-state index contributed by atoms with van der Waals surface area (Å²) >= 11 is 0. The minimum absolute atomic E-state index is 0.0222. The lowest BCUT2D eigenvalue weighted by Crippen LogP contribution is -2.42. The predicted molar refractivity (Wildman–Crippen MR) is 74.9 cm³/mol. The molecule has 8 nitrogen and oxygen atoms in total. The highest BCUT2D eigenvalue weighted by Crippen LogP contribution is 2.01. The normalized spacial score (nSPS) is 12.3. The first kappa shape index (κ1) is 16.1. The number of hydrogen-bond donors (Lipinski definition) is 1. The molecule has 0 amide bonds. The molecular formula is C12H20N4O4. The molecular weight excluding hydrogens is 264 g/mol. The summed E-state index contributed by atoms with van der Waals surface area (Å²) in [5.74, 6) is 0.0222. The first-order chi connectivity index (χ1) is 9.38. The molecule has 1 unspecified atom stereocenters. The van der Waals surface area contributed by atoms with Gasteiger partial charge < -0.3 is 5.32 Å². The average Bonchev–Trinajstić information content (AvgIpc) is 2.39. The van der Waals surface area contributed by atoms with Crippen LogP contribution in [0.1, 0.15) is 20.3 Å². The molecule has 0 saturated carbocycles. The van der Waals surface area contributed by atoms with Gasteiger partial charge >= 0.3 is 16.9 Å². The smallest absolute Gasteiger partial charge is 0.316 e. The van der Waals surface area contributed by atoms with E-state index in [0.29, 0.717) is 6.54 Å². The summed E-state index contributed by atoms with van der Waals surface area (Å²) in [5.41, 5.74) is -1.97. The third-order valence-corrected chi connectivity index (χ3v) is 2.92. The number of aromatic nitrogens is 2. The fraction of sp³-hybridized carbons (Fsp3) is 0.667. The van der Waals surface area contributed by atoms with Crippen LogP contribution in [0.4, 0.5) is 5.69 Å². The van der Waals surface area contributed by atoms with Crippen LogP contribution >= 0.6 is 0 Å². The molecule has 0 aromatic carbocycles. The van der Waals surface area contributed by atoms with E-state index in [0.717, 1.165) is 28.3 Å². The second kappa shape index (κ2) is 6.99. The molecule has 1 atom stereocenters. The molecule has 1 heterocycles. The summed E-state index contributed by atoms with van der Waals surface area (Å²) in [7, 11) is 1.39. The fourth-order valence-corrected chi connectivity index (χ4v) is 1.90. The SMILES string of the molecule is CCCNCC(C)Cn1c(=O)c([N+](=O)[O-])cn(C)c1=O. The number of nitro groups is 1. The maximum Gasteiger partial charge on any atom is 0.350 e. The Labute approximate surface area is 116 Å². The van der Waals surface area contributed by atoms with Crippen molar-refractivity contribution < 1.29 is 4.92 Å². The zero-order valence-corrected chi connectivity index (χ0v) is 12.0. The number of nitrogens with zero attached hydrogens (tertiary/aromatic N) is 3. The minimum Gasteiger partial charge on any atom is -0.316 e. The van der Waals surface area contributed by atoms with Gasteiger partial charge in [0.05, 0.1) is 11.1 Å². The monoisotopic (exact) mass is 284 g/mol. The van der Waals surface area contributed by atoms with E-state index in [1.54, 1.807) is 0 Å². The van der Waals surface area contributed by atoms with Gasteiger partial charge in [-0.3, -0.25) is 24.0 Å². The molecule has 20 heavy (non-hydrogen) atoms. The van der Waals surface area contributed by atoms with Crippen molar-refractivity contribution >= 4 is 5.69 Å². The summed E-state index contributed by atoms with van der Waals surface area (Å²) in [5, 5.41) is 14.0. The molecule has 0 aliphatic carbocycles. The van der Waals surface area contributed by atoms with Crippen LogP contribution in [-0.2, 0) is 13.6 Å². The van der Waals surface area contributed by atoms with Crippen LogP contribution in [0.2, 0.25) is 0 Å². The number of aryl methyl sites for hydroxylation is 1. The van der Waals surface area contributed by atoms with Crippen LogP contribution in [0.15, 0.2) is 15.8 Å². The van der Waals surface area contributed by atoms with E-state index < -0.39 is 21.9 Å². The van der Waals surface area contributed by atoms with E-state index in [-0.39, 0.29) is 12.5 Å². The lowest BCUT2D eigenvalue weighted by atomic mass is 10.2. The molecule has 8 heteroatoms. The summed E-state index contributed by atoms with van der Waals surface area (Å²) in [6.07, 6.45) is 1.95. The van der Waals surface area contributed by atoms with E-state index in [2.05, 4.69) is 5.32 Å². The Bertz CT molecular complexity index is 590. The van der Waals surface area contributed by atoms with Crippen LogP contribution in [0.5, 0.6) is 0 Å². The Kier molecular flexibility index (Phi) is 5.63. The molecule has 1 aromatic rings. The molecule has 1 N–H and O–H groups in total. The van der Waals surface area contributed by atoms with E-state index in [4.69, 9.17) is 0 Å². The van der Waals surface area contributed by atoms with Gasteiger partial charge in [0.15, 0.2) is 0 Å². The standard InChI is InChI=1S/C12H20N4O4/c1-4-5-13-6-9(2)7-15-11(17)10(16(19)20)8-14(3)12(15)18/h8-9,13H,4-7H2,1-3H3. The molecule has 0 fully saturated rings. The van der Waals surface area contributed by atoms with Gasteiger partial charge in [0, 0.05) is 13.6 Å². The largest absolute Gasteiger partial charge is 0.350 e. The third-order valence-electron chi connectivity index (χ3n) is 2.92. The predicted octanol–water partition coefficient (Wildman–Crippen LogP) is 0.0909. The quantitative estimate of drug-likeness (QED) is 0.434. The molecule has 0 bridgehead atoms. The Morgan fingerprint density at radius 1 is 1.45 bits per heavy atom. The highest BCUT2D eigenvalue weighted by atomic mass is 16.6. The van der Waals surface area contributed by atoms with Gasteiger partial charge in [-0.25, -0.2) is 4.79 Å². The summed E-state index contributed by atoms with van der Waals surface area (Å²) in [6.45, 7) is 5.58. The summed E-state index contributed by atoms with van der Waals surface area (Å²) in [4.78, 5) is 33.9. The summed E-state index contributed by atoms with van der Waals surface area (Å²) in [6, 6.07) is 0. The van der Waals surface area contributed by atoms with Crippen molar-refractivity contribution in [2.24, 2.45) is 13.0 Å².